The minimum absolute atomic E-state index is 0.167. The third-order valence-corrected chi connectivity index (χ3v) is 3.71. The van der Waals surface area contributed by atoms with E-state index in [4.69, 9.17) is 9.47 Å². The number of hydrogen-bond donors (Lipinski definition) is 1. The Morgan fingerprint density at radius 1 is 1.47 bits per heavy atom. The molecule has 2 aliphatic heterocycles. The molecule has 0 saturated carbocycles. The first-order valence-electron chi connectivity index (χ1n) is 6.09. The quantitative estimate of drug-likeness (QED) is 0.772. The molecule has 1 N–H and O–H groups in total. The second kappa shape index (κ2) is 4.81. The van der Waals surface area contributed by atoms with Crippen molar-refractivity contribution in [1.82, 2.24) is 5.32 Å². The maximum atomic E-state index is 5.85. The van der Waals surface area contributed by atoms with Crippen molar-refractivity contribution in [2.45, 2.75) is 44.2 Å². The van der Waals surface area contributed by atoms with Crippen LogP contribution in [0.4, 0.5) is 0 Å². The van der Waals surface area contributed by atoms with E-state index in [2.05, 4.69) is 12.2 Å². The summed E-state index contributed by atoms with van der Waals surface area (Å²) in [7, 11) is 1.78. The second-order valence-corrected chi connectivity index (χ2v) is 5.24. The molecule has 0 amide bonds. The van der Waals surface area contributed by atoms with Gasteiger partial charge in [0.15, 0.2) is 0 Å². The molecule has 3 nitrogen and oxygen atoms in total. The van der Waals surface area contributed by atoms with Crippen molar-refractivity contribution in [3.8, 4) is 0 Å². The van der Waals surface area contributed by atoms with Crippen LogP contribution in [0.2, 0.25) is 0 Å². The van der Waals surface area contributed by atoms with E-state index in [-0.39, 0.29) is 5.54 Å². The van der Waals surface area contributed by atoms with E-state index in [1.54, 1.807) is 7.11 Å². The first kappa shape index (κ1) is 11.4. The van der Waals surface area contributed by atoms with Gasteiger partial charge in [-0.1, -0.05) is 0 Å². The van der Waals surface area contributed by atoms with Gasteiger partial charge < -0.3 is 14.8 Å². The molecule has 0 radical (unpaired) electrons. The van der Waals surface area contributed by atoms with E-state index in [1.165, 1.54) is 25.7 Å². The van der Waals surface area contributed by atoms with E-state index in [9.17, 15) is 0 Å². The Morgan fingerprint density at radius 3 is 3.00 bits per heavy atom. The minimum Gasteiger partial charge on any atom is -0.383 e. The SMILES string of the molecule is COCC1(C)CC(C2CCCCO2)CN1. The predicted molar refractivity (Wildman–Crippen MR) is 60.0 cm³/mol. The summed E-state index contributed by atoms with van der Waals surface area (Å²) < 4.78 is 11.1. The molecule has 3 atom stereocenters. The lowest BCUT2D eigenvalue weighted by Crippen LogP contribution is -2.40. The summed E-state index contributed by atoms with van der Waals surface area (Å²) >= 11 is 0. The fourth-order valence-corrected chi connectivity index (χ4v) is 2.93. The molecule has 2 aliphatic rings. The van der Waals surface area contributed by atoms with Crippen molar-refractivity contribution in [1.29, 1.82) is 0 Å². The van der Waals surface area contributed by atoms with Crippen LogP contribution in [0.15, 0.2) is 0 Å². The van der Waals surface area contributed by atoms with Crippen LogP contribution in [0.1, 0.15) is 32.6 Å². The molecule has 2 saturated heterocycles. The highest BCUT2D eigenvalue weighted by atomic mass is 16.5. The molecule has 2 heterocycles. The summed E-state index contributed by atoms with van der Waals surface area (Å²) in [5.74, 6) is 0.686. The molecule has 0 aliphatic carbocycles. The highest BCUT2D eigenvalue weighted by Crippen LogP contribution is 2.31. The van der Waals surface area contributed by atoms with Gasteiger partial charge in [-0.3, -0.25) is 0 Å². The minimum atomic E-state index is 0.167. The first-order chi connectivity index (χ1) is 7.23. The molecular weight excluding hydrogens is 190 g/mol. The van der Waals surface area contributed by atoms with Gasteiger partial charge in [0.1, 0.15) is 0 Å². The number of nitrogens with one attached hydrogen (secondary N) is 1. The summed E-state index contributed by atoms with van der Waals surface area (Å²) in [6.07, 6.45) is 5.50. The Balaban J connectivity index is 1.85. The standard InChI is InChI=1S/C12H23NO2/c1-12(9-14-2)7-10(8-13-12)11-5-3-4-6-15-11/h10-11,13H,3-9H2,1-2H3. The fourth-order valence-electron chi connectivity index (χ4n) is 2.93. The number of methoxy groups -OCH3 is 1. The maximum Gasteiger partial charge on any atom is 0.0641 e. The zero-order chi connectivity index (χ0) is 10.7. The zero-order valence-electron chi connectivity index (χ0n) is 9.92. The van der Waals surface area contributed by atoms with Crippen LogP contribution in [0.3, 0.4) is 0 Å². The summed E-state index contributed by atoms with van der Waals surface area (Å²) in [6, 6.07) is 0. The Bertz CT molecular complexity index is 204. The average molecular weight is 213 g/mol. The van der Waals surface area contributed by atoms with E-state index < -0.39 is 0 Å². The summed E-state index contributed by atoms with van der Waals surface area (Å²) in [6.45, 7) is 5.10. The van der Waals surface area contributed by atoms with Crippen LogP contribution in [0.5, 0.6) is 0 Å². The number of ether oxygens (including phenoxy) is 2. The predicted octanol–water partition coefficient (Wildman–Crippen LogP) is 1.57. The van der Waals surface area contributed by atoms with Gasteiger partial charge in [0, 0.05) is 25.8 Å². The average Bonchev–Trinajstić information content (AvgIpc) is 2.63. The summed E-state index contributed by atoms with van der Waals surface area (Å²) in [4.78, 5) is 0. The Labute approximate surface area is 92.5 Å². The van der Waals surface area contributed by atoms with Crippen molar-refractivity contribution in [2.75, 3.05) is 26.9 Å². The van der Waals surface area contributed by atoms with Gasteiger partial charge in [-0.2, -0.15) is 0 Å². The van der Waals surface area contributed by atoms with Crippen molar-refractivity contribution in [3.05, 3.63) is 0 Å². The van der Waals surface area contributed by atoms with Gasteiger partial charge >= 0.3 is 0 Å². The molecule has 2 rings (SSSR count). The Kier molecular flexibility index (Phi) is 3.65. The van der Waals surface area contributed by atoms with Gasteiger partial charge in [0.2, 0.25) is 0 Å². The van der Waals surface area contributed by atoms with E-state index in [0.29, 0.717) is 12.0 Å². The lowest BCUT2D eigenvalue weighted by molar-refractivity contribution is -0.0183. The molecule has 0 spiro atoms. The maximum absolute atomic E-state index is 5.85. The third kappa shape index (κ3) is 2.71. The van der Waals surface area contributed by atoms with E-state index >= 15 is 0 Å². The zero-order valence-corrected chi connectivity index (χ0v) is 9.92. The lowest BCUT2D eigenvalue weighted by atomic mass is 9.89. The molecule has 0 aromatic rings. The molecule has 2 fully saturated rings. The van der Waals surface area contributed by atoms with Crippen molar-refractivity contribution < 1.29 is 9.47 Å². The van der Waals surface area contributed by atoms with Crippen LogP contribution in [-0.2, 0) is 9.47 Å². The number of rotatable bonds is 3. The largest absolute Gasteiger partial charge is 0.383 e. The van der Waals surface area contributed by atoms with Crippen LogP contribution in [0.25, 0.3) is 0 Å². The van der Waals surface area contributed by atoms with Crippen molar-refractivity contribution >= 4 is 0 Å². The van der Waals surface area contributed by atoms with Crippen molar-refractivity contribution in [3.63, 3.8) is 0 Å². The molecule has 0 aromatic heterocycles. The molecule has 0 bridgehead atoms. The van der Waals surface area contributed by atoms with E-state index in [0.717, 1.165) is 19.8 Å². The van der Waals surface area contributed by atoms with Crippen LogP contribution in [-0.4, -0.2) is 38.5 Å². The molecule has 3 unspecified atom stereocenters. The highest BCUT2D eigenvalue weighted by Gasteiger charge is 2.38. The van der Waals surface area contributed by atoms with Crippen molar-refractivity contribution in [2.24, 2.45) is 5.92 Å². The highest BCUT2D eigenvalue weighted by molar-refractivity contribution is 4.96. The van der Waals surface area contributed by atoms with Gasteiger partial charge in [0.25, 0.3) is 0 Å². The van der Waals surface area contributed by atoms with Gasteiger partial charge in [-0.15, -0.1) is 0 Å². The van der Waals surface area contributed by atoms with Gasteiger partial charge in [-0.05, 0) is 38.5 Å². The first-order valence-corrected chi connectivity index (χ1v) is 6.09. The lowest BCUT2D eigenvalue weighted by Gasteiger charge is -2.29. The molecular formula is C12H23NO2. The molecule has 0 aromatic carbocycles. The number of hydrogen-bond acceptors (Lipinski definition) is 3. The molecule has 88 valence electrons. The molecule has 3 heteroatoms. The monoisotopic (exact) mass is 213 g/mol. The topological polar surface area (TPSA) is 30.5 Å². The van der Waals surface area contributed by atoms with Crippen LogP contribution >= 0.6 is 0 Å². The third-order valence-electron chi connectivity index (χ3n) is 3.71. The smallest absolute Gasteiger partial charge is 0.0641 e. The molecule has 15 heavy (non-hydrogen) atoms. The second-order valence-electron chi connectivity index (χ2n) is 5.24. The Morgan fingerprint density at radius 2 is 2.33 bits per heavy atom. The fraction of sp³-hybridized carbons (Fsp3) is 1.00. The van der Waals surface area contributed by atoms with Crippen LogP contribution < -0.4 is 5.32 Å². The summed E-state index contributed by atoms with van der Waals surface area (Å²) in [5, 5.41) is 3.58. The Hall–Kier alpha value is -0.120. The van der Waals surface area contributed by atoms with Crippen LogP contribution in [0, 0.1) is 5.92 Å². The van der Waals surface area contributed by atoms with E-state index in [1.807, 2.05) is 0 Å². The van der Waals surface area contributed by atoms with Gasteiger partial charge in [0.05, 0.1) is 12.7 Å². The normalized spacial score (nSPS) is 42.0. The van der Waals surface area contributed by atoms with Gasteiger partial charge in [-0.25, -0.2) is 0 Å². The summed E-state index contributed by atoms with van der Waals surface area (Å²) in [5.41, 5.74) is 0.167.